The van der Waals surface area contributed by atoms with Crippen molar-refractivity contribution in [2.75, 3.05) is 13.1 Å². The van der Waals surface area contributed by atoms with Gasteiger partial charge in [0, 0.05) is 13.1 Å². The highest BCUT2D eigenvalue weighted by atomic mass is 32.2. The maximum Gasteiger partial charge on any atom is 0.289 e. The van der Waals surface area contributed by atoms with Gasteiger partial charge in [-0.25, -0.2) is 8.42 Å². The van der Waals surface area contributed by atoms with Crippen molar-refractivity contribution in [3.05, 3.63) is 89.4 Å². The van der Waals surface area contributed by atoms with Crippen LogP contribution in [0.4, 0.5) is 0 Å². The number of piperidine rings is 1. The molecule has 1 saturated heterocycles. The summed E-state index contributed by atoms with van der Waals surface area (Å²) >= 11 is 0. The standard InChI is InChI=1S/C26H29NO4S/c1-20-7-9-21(10-8-20)11-12-22-15-17-27(18-16-22)26(28)25-14-13-23(31-25)19-32(29,30)24-5-3-2-4-6-24/h2-10,13-14,22H,11-12,15-19H2,1H3. The van der Waals surface area contributed by atoms with Crippen molar-refractivity contribution in [3.8, 4) is 0 Å². The molecular formula is C26H29NO4S. The molecular weight excluding hydrogens is 422 g/mol. The number of sulfone groups is 1. The maximum atomic E-state index is 12.8. The fourth-order valence-corrected chi connectivity index (χ4v) is 5.44. The van der Waals surface area contributed by atoms with Crippen LogP contribution in [0.2, 0.25) is 0 Å². The van der Waals surface area contributed by atoms with Crippen molar-refractivity contribution in [1.82, 2.24) is 4.90 Å². The van der Waals surface area contributed by atoms with Gasteiger partial charge in [-0.2, -0.15) is 0 Å². The molecule has 1 fully saturated rings. The largest absolute Gasteiger partial charge is 0.455 e. The number of hydrogen-bond donors (Lipinski definition) is 0. The highest BCUT2D eigenvalue weighted by molar-refractivity contribution is 7.90. The minimum absolute atomic E-state index is 0.162. The Balaban J connectivity index is 1.29. The molecule has 0 N–H and O–H groups in total. The molecule has 4 rings (SSSR count). The Morgan fingerprint density at radius 3 is 2.34 bits per heavy atom. The predicted molar refractivity (Wildman–Crippen MR) is 124 cm³/mol. The van der Waals surface area contributed by atoms with Crippen molar-refractivity contribution >= 4 is 15.7 Å². The summed E-state index contributed by atoms with van der Waals surface area (Å²) in [6.45, 7) is 3.51. The summed E-state index contributed by atoms with van der Waals surface area (Å²) in [5, 5.41) is 0. The Morgan fingerprint density at radius 1 is 0.969 bits per heavy atom. The number of hydrogen-bond acceptors (Lipinski definition) is 4. The van der Waals surface area contributed by atoms with Gasteiger partial charge in [-0.05, 0) is 68.4 Å². The highest BCUT2D eigenvalue weighted by Crippen LogP contribution is 2.25. The van der Waals surface area contributed by atoms with E-state index >= 15 is 0 Å². The fourth-order valence-electron chi connectivity index (χ4n) is 4.17. The van der Waals surface area contributed by atoms with E-state index in [-0.39, 0.29) is 28.1 Å². The molecule has 168 valence electrons. The SMILES string of the molecule is Cc1ccc(CCC2CCN(C(=O)c3ccc(CS(=O)(=O)c4ccccc4)o3)CC2)cc1. The van der Waals surface area contributed by atoms with Gasteiger partial charge in [0.25, 0.3) is 5.91 Å². The summed E-state index contributed by atoms with van der Waals surface area (Å²) < 4.78 is 30.7. The van der Waals surface area contributed by atoms with Crippen LogP contribution in [0.25, 0.3) is 0 Å². The third-order valence-corrected chi connectivity index (χ3v) is 7.83. The third kappa shape index (κ3) is 5.49. The molecule has 0 spiro atoms. The summed E-state index contributed by atoms with van der Waals surface area (Å²) in [5.41, 5.74) is 2.64. The van der Waals surface area contributed by atoms with Crippen LogP contribution in [0.15, 0.2) is 76.0 Å². The van der Waals surface area contributed by atoms with Crippen LogP contribution < -0.4 is 0 Å². The van der Waals surface area contributed by atoms with E-state index in [2.05, 4.69) is 31.2 Å². The lowest BCUT2D eigenvalue weighted by Crippen LogP contribution is -2.38. The average Bonchev–Trinajstić information content (AvgIpc) is 3.27. The van der Waals surface area contributed by atoms with Crippen LogP contribution in [0.5, 0.6) is 0 Å². The molecule has 1 aromatic heterocycles. The zero-order valence-electron chi connectivity index (χ0n) is 18.4. The first-order valence-electron chi connectivity index (χ1n) is 11.1. The van der Waals surface area contributed by atoms with Gasteiger partial charge in [-0.15, -0.1) is 0 Å². The molecule has 3 aromatic rings. The molecule has 0 aliphatic carbocycles. The quantitative estimate of drug-likeness (QED) is 0.504. The topological polar surface area (TPSA) is 67.6 Å². The Kier molecular flexibility index (Phi) is 6.80. The zero-order valence-corrected chi connectivity index (χ0v) is 19.2. The lowest BCUT2D eigenvalue weighted by molar-refractivity contribution is 0.0653. The molecule has 0 radical (unpaired) electrons. The highest BCUT2D eigenvalue weighted by Gasteiger charge is 2.26. The number of carbonyl (C=O) groups is 1. The van der Waals surface area contributed by atoms with Gasteiger partial charge < -0.3 is 9.32 Å². The van der Waals surface area contributed by atoms with Gasteiger partial charge in [0.15, 0.2) is 15.6 Å². The lowest BCUT2D eigenvalue weighted by Gasteiger charge is -2.31. The first kappa shape index (κ1) is 22.3. The van der Waals surface area contributed by atoms with E-state index < -0.39 is 9.84 Å². The summed E-state index contributed by atoms with van der Waals surface area (Å²) in [5.74, 6) is 0.686. The van der Waals surface area contributed by atoms with E-state index in [1.807, 2.05) is 4.90 Å². The number of carbonyl (C=O) groups excluding carboxylic acids is 1. The molecule has 0 bridgehead atoms. The first-order valence-corrected chi connectivity index (χ1v) is 12.8. The second kappa shape index (κ2) is 9.74. The number of aryl methyl sites for hydroxylation is 2. The van der Waals surface area contributed by atoms with Crippen molar-refractivity contribution in [2.24, 2.45) is 5.92 Å². The fraction of sp³-hybridized carbons (Fsp3) is 0.346. The minimum Gasteiger partial charge on any atom is -0.455 e. The lowest BCUT2D eigenvalue weighted by atomic mass is 9.90. The van der Waals surface area contributed by atoms with Crippen molar-refractivity contribution < 1.29 is 17.6 Å². The van der Waals surface area contributed by atoms with E-state index in [0.717, 1.165) is 25.7 Å². The van der Waals surface area contributed by atoms with Crippen molar-refractivity contribution in [2.45, 2.75) is 43.3 Å². The van der Waals surface area contributed by atoms with Crippen LogP contribution in [0.1, 0.15) is 46.7 Å². The third-order valence-electron chi connectivity index (χ3n) is 6.17. The molecule has 1 aliphatic rings. The molecule has 2 heterocycles. The number of rotatable bonds is 7. The molecule has 5 nitrogen and oxygen atoms in total. The van der Waals surface area contributed by atoms with Crippen LogP contribution in [0.3, 0.4) is 0 Å². The summed E-state index contributed by atoms with van der Waals surface area (Å²) in [6.07, 6.45) is 4.16. The minimum atomic E-state index is -3.51. The normalized spacial score (nSPS) is 15.1. The number of likely N-dealkylation sites (tertiary alicyclic amines) is 1. The summed E-state index contributed by atoms with van der Waals surface area (Å²) in [7, 11) is -3.51. The molecule has 0 atom stereocenters. The van der Waals surface area contributed by atoms with Gasteiger partial charge in [0.2, 0.25) is 0 Å². The average molecular weight is 452 g/mol. The van der Waals surface area contributed by atoms with Crippen LogP contribution in [0, 0.1) is 12.8 Å². The van der Waals surface area contributed by atoms with Gasteiger partial charge >= 0.3 is 0 Å². The molecule has 32 heavy (non-hydrogen) atoms. The van der Waals surface area contributed by atoms with Gasteiger partial charge in [0.1, 0.15) is 11.5 Å². The first-order chi connectivity index (χ1) is 15.4. The number of nitrogens with zero attached hydrogens (tertiary/aromatic N) is 1. The monoisotopic (exact) mass is 451 g/mol. The second-order valence-corrected chi connectivity index (χ2v) is 10.6. The van der Waals surface area contributed by atoms with Crippen LogP contribution in [-0.4, -0.2) is 32.3 Å². The summed E-state index contributed by atoms with van der Waals surface area (Å²) in [6, 6.07) is 20.1. The van der Waals surface area contributed by atoms with Gasteiger partial charge in [-0.3, -0.25) is 4.79 Å². The van der Waals surface area contributed by atoms with E-state index in [1.54, 1.807) is 42.5 Å². The molecule has 0 saturated carbocycles. The Morgan fingerprint density at radius 2 is 1.66 bits per heavy atom. The smallest absolute Gasteiger partial charge is 0.289 e. The Hall–Kier alpha value is -2.86. The van der Waals surface area contributed by atoms with E-state index in [9.17, 15) is 13.2 Å². The van der Waals surface area contributed by atoms with E-state index in [4.69, 9.17) is 4.42 Å². The Bertz CT molecular complexity index is 1140. The number of benzene rings is 2. The zero-order chi connectivity index (χ0) is 22.6. The summed E-state index contributed by atoms with van der Waals surface area (Å²) in [4.78, 5) is 14.9. The Labute approximate surface area is 190 Å². The van der Waals surface area contributed by atoms with Crippen LogP contribution >= 0.6 is 0 Å². The van der Waals surface area contributed by atoms with E-state index in [1.165, 1.54) is 11.1 Å². The number of furan rings is 1. The molecule has 2 aromatic carbocycles. The van der Waals surface area contributed by atoms with Gasteiger partial charge in [0.05, 0.1) is 4.90 Å². The molecule has 0 unspecified atom stereocenters. The van der Waals surface area contributed by atoms with Crippen molar-refractivity contribution in [1.29, 1.82) is 0 Å². The number of amides is 1. The van der Waals surface area contributed by atoms with Gasteiger partial charge in [-0.1, -0.05) is 48.0 Å². The maximum absolute atomic E-state index is 12.8. The van der Waals surface area contributed by atoms with Crippen molar-refractivity contribution in [3.63, 3.8) is 0 Å². The molecule has 6 heteroatoms. The molecule has 1 amide bonds. The predicted octanol–water partition coefficient (Wildman–Crippen LogP) is 5.05. The second-order valence-electron chi connectivity index (χ2n) is 8.60. The van der Waals surface area contributed by atoms with Crippen LogP contribution in [-0.2, 0) is 22.0 Å². The van der Waals surface area contributed by atoms with E-state index in [0.29, 0.717) is 19.0 Å². The molecule has 1 aliphatic heterocycles.